The van der Waals surface area contributed by atoms with Crippen LogP contribution in [0.4, 0.5) is 0 Å². The summed E-state index contributed by atoms with van der Waals surface area (Å²) in [6.07, 6.45) is 4.88. The Bertz CT molecular complexity index is 482. The fourth-order valence-corrected chi connectivity index (χ4v) is 2.12. The number of rotatable bonds is 7. The van der Waals surface area contributed by atoms with Crippen LogP contribution in [-0.4, -0.2) is 58.9 Å². The van der Waals surface area contributed by atoms with Gasteiger partial charge in [-0.1, -0.05) is 0 Å². The molecule has 1 amide bonds. The summed E-state index contributed by atoms with van der Waals surface area (Å²) in [5.74, 6) is -1.22. The molecule has 0 atom stereocenters. The lowest BCUT2D eigenvalue weighted by atomic mass is 10.1. The summed E-state index contributed by atoms with van der Waals surface area (Å²) in [5.41, 5.74) is -0.00410. The van der Waals surface area contributed by atoms with Gasteiger partial charge in [0.25, 0.3) is 0 Å². The Kier molecular flexibility index (Phi) is 5.70. The zero-order valence-electron chi connectivity index (χ0n) is 11.7. The van der Waals surface area contributed by atoms with Crippen LogP contribution >= 0.6 is 0 Å². The molecule has 21 heavy (non-hydrogen) atoms. The molecule has 0 saturated carbocycles. The third kappa shape index (κ3) is 5.16. The molecule has 1 aliphatic heterocycles. The molecular formula is C13H20N4O4. The molecule has 116 valence electrons. The normalized spacial score (nSPS) is 15.8. The first-order valence-electron chi connectivity index (χ1n) is 6.99. The van der Waals surface area contributed by atoms with E-state index in [-0.39, 0.29) is 24.3 Å². The van der Waals surface area contributed by atoms with Crippen LogP contribution in [-0.2, 0) is 16.1 Å². The molecule has 2 heterocycles. The minimum Gasteiger partial charge on any atom is -0.476 e. The van der Waals surface area contributed by atoms with Crippen LogP contribution < -0.4 is 10.6 Å². The number of carboxylic acid groups (broad SMARTS) is 1. The maximum atomic E-state index is 11.6. The molecule has 3 N–H and O–H groups in total. The van der Waals surface area contributed by atoms with Crippen molar-refractivity contribution in [2.45, 2.75) is 25.5 Å². The molecule has 0 spiro atoms. The van der Waals surface area contributed by atoms with E-state index in [4.69, 9.17) is 9.84 Å². The quantitative estimate of drug-likeness (QED) is 0.624. The van der Waals surface area contributed by atoms with E-state index in [2.05, 4.69) is 15.6 Å². The Hall–Kier alpha value is -1.93. The van der Waals surface area contributed by atoms with Crippen LogP contribution in [0.2, 0.25) is 0 Å². The standard InChI is InChI=1S/C13H20N4O4/c18-12(8-21-10-1-3-14-4-2-10)15-5-6-17-7-11(13(19)20)16-9-17/h7,9-10,14H,1-6,8H2,(H,15,18)(H,19,20). The van der Waals surface area contributed by atoms with Crippen LogP contribution in [0.15, 0.2) is 12.5 Å². The maximum absolute atomic E-state index is 11.6. The Morgan fingerprint density at radius 1 is 1.48 bits per heavy atom. The van der Waals surface area contributed by atoms with E-state index in [9.17, 15) is 9.59 Å². The second kappa shape index (κ2) is 7.75. The first-order valence-corrected chi connectivity index (χ1v) is 6.99. The predicted octanol–water partition coefficient (Wildman–Crippen LogP) is -0.534. The maximum Gasteiger partial charge on any atom is 0.356 e. The third-order valence-electron chi connectivity index (χ3n) is 3.28. The van der Waals surface area contributed by atoms with Crippen molar-refractivity contribution >= 4 is 11.9 Å². The third-order valence-corrected chi connectivity index (χ3v) is 3.28. The second-order valence-corrected chi connectivity index (χ2v) is 4.91. The lowest BCUT2D eigenvalue weighted by Gasteiger charge is -2.22. The van der Waals surface area contributed by atoms with Gasteiger partial charge in [0, 0.05) is 19.3 Å². The van der Waals surface area contributed by atoms with Gasteiger partial charge in [0.15, 0.2) is 5.69 Å². The average molecular weight is 296 g/mol. The van der Waals surface area contributed by atoms with Gasteiger partial charge < -0.3 is 25.0 Å². The highest BCUT2D eigenvalue weighted by Crippen LogP contribution is 2.06. The molecule has 2 rings (SSSR count). The highest BCUT2D eigenvalue weighted by molar-refractivity contribution is 5.84. The van der Waals surface area contributed by atoms with E-state index in [1.54, 1.807) is 4.57 Å². The molecule has 1 aromatic rings. The van der Waals surface area contributed by atoms with Crippen molar-refractivity contribution in [3.63, 3.8) is 0 Å². The number of carbonyl (C=O) groups is 2. The summed E-state index contributed by atoms with van der Waals surface area (Å²) in [6.45, 7) is 2.80. The van der Waals surface area contributed by atoms with Gasteiger partial charge in [-0.25, -0.2) is 9.78 Å². The zero-order chi connectivity index (χ0) is 15.1. The molecule has 1 fully saturated rings. The number of hydrogen-bond donors (Lipinski definition) is 3. The minimum absolute atomic E-state index is 0.00410. The van der Waals surface area contributed by atoms with Gasteiger partial charge in [-0.05, 0) is 25.9 Å². The number of imidazole rings is 1. The van der Waals surface area contributed by atoms with Gasteiger partial charge in [-0.15, -0.1) is 0 Å². The topological polar surface area (TPSA) is 105 Å². The van der Waals surface area contributed by atoms with E-state index < -0.39 is 5.97 Å². The first kappa shape index (κ1) is 15.5. The van der Waals surface area contributed by atoms with E-state index in [1.807, 2.05) is 0 Å². The van der Waals surface area contributed by atoms with Crippen molar-refractivity contribution in [2.75, 3.05) is 26.2 Å². The van der Waals surface area contributed by atoms with E-state index >= 15 is 0 Å². The molecule has 8 nitrogen and oxygen atoms in total. The molecule has 0 unspecified atom stereocenters. The number of carboxylic acids is 1. The van der Waals surface area contributed by atoms with E-state index in [0.717, 1.165) is 25.9 Å². The van der Waals surface area contributed by atoms with Crippen LogP contribution in [0.5, 0.6) is 0 Å². The molecule has 8 heteroatoms. The van der Waals surface area contributed by atoms with Gasteiger partial charge in [0.2, 0.25) is 5.91 Å². The summed E-state index contributed by atoms with van der Waals surface area (Å²) in [6, 6.07) is 0. The fourth-order valence-electron chi connectivity index (χ4n) is 2.12. The number of amides is 1. The number of nitrogens with one attached hydrogen (secondary N) is 2. The summed E-state index contributed by atoms with van der Waals surface area (Å²) in [4.78, 5) is 26.0. The number of ether oxygens (including phenoxy) is 1. The van der Waals surface area contributed by atoms with Crippen molar-refractivity contribution in [1.29, 1.82) is 0 Å². The van der Waals surface area contributed by atoms with E-state index in [0.29, 0.717) is 13.1 Å². The SMILES string of the molecule is O=C(COC1CCNCC1)NCCn1cnc(C(=O)O)c1. The minimum atomic E-state index is -1.06. The molecule has 0 aromatic carbocycles. The van der Waals surface area contributed by atoms with Crippen LogP contribution in [0.1, 0.15) is 23.3 Å². The van der Waals surface area contributed by atoms with Gasteiger partial charge in [-0.3, -0.25) is 4.79 Å². The van der Waals surface area contributed by atoms with Gasteiger partial charge in [0.1, 0.15) is 6.61 Å². The summed E-state index contributed by atoms with van der Waals surface area (Å²) < 4.78 is 7.16. The molecule has 1 aromatic heterocycles. The van der Waals surface area contributed by atoms with Gasteiger partial charge in [0.05, 0.1) is 12.4 Å². The van der Waals surface area contributed by atoms with Crippen molar-refractivity contribution in [3.8, 4) is 0 Å². The summed E-state index contributed by atoms with van der Waals surface area (Å²) in [7, 11) is 0. The highest BCUT2D eigenvalue weighted by atomic mass is 16.5. The molecule has 1 aliphatic rings. The lowest BCUT2D eigenvalue weighted by molar-refractivity contribution is -0.128. The monoisotopic (exact) mass is 296 g/mol. The number of piperidine rings is 1. The van der Waals surface area contributed by atoms with Crippen molar-refractivity contribution in [3.05, 3.63) is 18.2 Å². The molecule has 0 radical (unpaired) electrons. The molecular weight excluding hydrogens is 276 g/mol. The average Bonchev–Trinajstić information content (AvgIpc) is 2.95. The van der Waals surface area contributed by atoms with Crippen molar-refractivity contribution in [2.24, 2.45) is 0 Å². The summed E-state index contributed by atoms with van der Waals surface area (Å²) >= 11 is 0. The van der Waals surface area contributed by atoms with Crippen LogP contribution in [0.25, 0.3) is 0 Å². The second-order valence-electron chi connectivity index (χ2n) is 4.91. The smallest absolute Gasteiger partial charge is 0.356 e. The Labute approximate surface area is 122 Å². The largest absolute Gasteiger partial charge is 0.476 e. The van der Waals surface area contributed by atoms with Crippen molar-refractivity contribution < 1.29 is 19.4 Å². The van der Waals surface area contributed by atoms with Crippen molar-refractivity contribution in [1.82, 2.24) is 20.2 Å². The fraction of sp³-hybridized carbons (Fsp3) is 0.615. The lowest BCUT2D eigenvalue weighted by Crippen LogP contribution is -2.36. The van der Waals surface area contributed by atoms with Gasteiger partial charge in [-0.2, -0.15) is 0 Å². The number of carbonyl (C=O) groups excluding carboxylic acids is 1. The van der Waals surface area contributed by atoms with Gasteiger partial charge >= 0.3 is 5.97 Å². The number of hydrogen-bond acceptors (Lipinski definition) is 5. The highest BCUT2D eigenvalue weighted by Gasteiger charge is 2.14. The molecule has 1 saturated heterocycles. The number of nitrogens with zero attached hydrogens (tertiary/aromatic N) is 2. The van der Waals surface area contributed by atoms with Crippen LogP contribution in [0.3, 0.4) is 0 Å². The number of aromatic carboxylic acids is 1. The molecule has 0 bridgehead atoms. The van der Waals surface area contributed by atoms with Crippen LogP contribution in [0, 0.1) is 0 Å². The Balaban J connectivity index is 1.61. The predicted molar refractivity (Wildman–Crippen MR) is 74.0 cm³/mol. The Morgan fingerprint density at radius 2 is 2.24 bits per heavy atom. The first-order chi connectivity index (χ1) is 10.1. The Morgan fingerprint density at radius 3 is 2.90 bits per heavy atom. The number of aromatic nitrogens is 2. The zero-order valence-corrected chi connectivity index (χ0v) is 11.7. The molecule has 0 aliphatic carbocycles. The summed E-state index contributed by atoms with van der Waals surface area (Å²) in [5, 5.41) is 14.7. The van der Waals surface area contributed by atoms with E-state index in [1.165, 1.54) is 12.5 Å².